The Hall–Kier alpha value is -2.01. The second kappa shape index (κ2) is 6.63. The zero-order valence-electron chi connectivity index (χ0n) is 11.8. The predicted octanol–water partition coefficient (Wildman–Crippen LogP) is 2.00. The number of carbonyl (C=O) groups excluding carboxylic acids is 2. The minimum atomic E-state index is -0.374. The van der Waals surface area contributed by atoms with Gasteiger partial charge in [-0.3, -0.25) is 9.59 Å². The predicted molar refractivity (Wildman–Crippen MR) is 81.7 cm³/mol. The van der Waals surface area contributed by atoms with Crippen LogP contribution in [0.3, 0.4) is 0 Å². The number of carbonyl (C=O) groups is 2. The molecule has 2 amide bonds. The Labute approximate surface area is 128 Å². The van der Waals surface area contributed by atoms with Crippen LogP contribution in [0.25, 0.3) is 0 Å². The Balaban J connectivity index is 2.18. The third kappa shape index (κ3) is 3.36. The molecule has 112 valence electrons. The Morgan fingerprint density at radius 1 is 1.62 bits per heavy atom. The molecule has 1 aromatic rings. The summed E-state index contributed by atoms with van der Waals surface area (Å²) in [7, 11) is 1.53. The first-order valence-corrected chi connectivity index (χ1v) is 6.97. The van der Waals surface area contributed by atoms with Gasteiger partial charge in [0.15, 0.2) is 0 Å². The van der Waals surface area contributed by atoms with Crippen molar-refractivity contribution in [3.8, 4) is 5.75 Å². The number of nitrogens with one attached hydrogen (secondary N) is 1. The highest BCUT2D eigenvalue weighted by atomic mass is 35.5. The van der Waals surface area contributed by atoms with Crippen molar-refractivity contribution in [3.63, 3.8) is 0 Å². The average Bonchev–Trinajstić information content (AvgIpc) is 2.86. The number of methoxy groups -OCH3 is 1. The standard InChI is InChI=1S/C15H17ClN2O3/c1-3-6-17-15(20)10-7-14(19)18(9-10)12-8-11(16)4-5-13(12)21-2/h3-5,8,10H,1,6-7,9H2,2H3,(H,17,20). The molecule has 1 N–H and O–H groups in total. The number of amides is 2. The minimum absolute atomic E-state index is 0.116. The summed E-state index contributed by atoms with van der Waals surface area (Å²) < 4.78 is 5.26. The summed E-state index contributed by atoms with van der Waals surface area (Å²) in [5, 5.41) is 3.23. The van der Waals surface area contributed by atoms with Crippen molar-refractivity contribution < 1.29 is 14.3 Å². The van der Waals surface area contributed by atoms with E-state index in [9.17, 15) is 9.59 Å². The summed E-state index contributed by atoms with van der Waals surface area (Å²) in [5.41, 5.74) is 0.592. The molecule has 1 saturated heterocycles. The van der Waals surface area contributed by atoms with Crippen LogP contribution in [0.2, 0.25) is 5.02 Å². The fourth-order valence-electron chi connectivity index (χ4n) is 2.31. The highest BCUT2D eigenvalue weighted by molar-refractivity contribution is 6.31. The SMILES string of the molecule is C=CCNC(=O)C1CC(=O)N(c2cc(Cl)ccc2OC)C1. The Morgan fingerprint density at radius 3 is 3.05 bits per heavy atom. The number of nitrogens with zero attached hydrogens (tertiary/aromatic N) is 1. The number of benzene rings is 1. The molecule has 0 aromatic heterocycles. The summed E-state index contributed by atoms with van der Waals surface area (Å²) in [6, 6.07) is 5.07. The van der Waals surface area contributed by atoms with E-state index in [1.54, 1.807) is 29.2 Å². The Morgan fingerprint density at radius 2 is 2.38 bits per heavy atom. The number of halogens is 1. The molecule has 1 heterocycles. The van der Waals surface area contributed by atoms with E-state index in [1.807, 2.05) is 0 Å². The molecule has 5 nitrogen and oxygen atoms in total. The molecule has 0 aliphatic carbocycles. The van der Waals surface area contributed by atoms with Gasteiger partial charge in [0, 0.05) is 24.5 Å². The van der Waals surface area contributed by atoms with Crippen LogP contribution in [0.15, 0.2) is 30.9 Å². The quantitative estimate of drug-likeness (QED) is 0.847. The molecule has 0 saturated carbocycles. The van der Waals surface area contributed by atoms with Crippen LogP contribution < -0.4 is 15.0 Å². The zero-order chi connectivity index (χ0) is 15.4. The first kappa shape index (κ1) is 15.4. The summed E-state index contributed by atoms with van der Waals surface area (Å²) in [6.45, 7) is 4.26. The van der Waals surface area contributed by atoms with E-state index in [0.717, 1.165) is 0 Å². The van der Waals surface area contributed by atoms with Crippen LogP contribution in [-0.4, -0.2) is 32.0 Å². The lowest BCUT2D eigenvalue weighted by Crippen LogP contribution is -2.33. The van der Waals surface area contributed by atoms with Crippen LogP contribution in [0, 0.1) is 5.92 Å². The molecule has 1 aliphatic heterocycles. The van der Waals surface area contributed by atoms with Crippen molar-refractivity contribution in [2.45, 2.75) is 6.42 Å². The van der Waals surface area contributed by atoms with E-state index in [2.05, 4.69) is 11.9 Å². The van der Waals surface area contributed by atoms with E-state index >= 15 is 0 Å². The first-order valence-electron chi connectivity index (χ1n) is 6.59. The van der Waals surface area contributed by atoms with Gasteiger partial charge in [-0.2, -0.15) is 0 Å². The second-order valence-electron chi connectivity index (χ2n) is 4.76. The number of ether oxygens (including phenoxy) is 1. The maximum atomic E-state index is 12.2. The molecular weight excluding hydrogens is 292 g/mol. The molecule has 1 fully saturated rings. The van der Waals surface area contributed by atoms with E-state index in [4.69, 9.17) is 16.3 Å². The molecule has 1 unspecified atom stereocenters. The summed E-state index contributed by atoms with van der Waals surface area (Å²) >= 11 is 5.98. The largest absolute Gasteiger partial charge is 0.495 e. The van der Waals surface area contributed by atoms with Crippen molar-refractivity contribution in [2.75, 3.05) is 25.1 Å². The number of hydrogen-bond donors (Lipinski definition) is 1. The van der Waals surface area contributed by atoms with E-state index in [1.165, 1.54) is 7.11 Å². The maximum Gasteiger partial charge on any atom is 0.227 e. The smallest absolute Gasteiger partial charge is 0.227 e. The van der Waals surface area contributed by atoms with Crippen LogP contribution >= 0.6 is 11.6 Å². The molecule has 21 heavy (non-hydrogen) atoms. The fraction of sp³-hybridized carbons (Fsp3) is 0.333. The average molecular weight is 309 g/mol. The van der Waals surface area contributed by atoms with Crippen molar-refractivity contribution in [1.82, 2.24) is 5.32 Å². The first-order chi connectivity index (χ1) is 10.1. The van der Waals surface area contributed by atoms with Gasteiger partial charge in [-0.1, -0.05) is 17.7 Å². The molecule has 1 aromatic carbocycles. The molecule has 1 atom stereocenters. The molecule has 1 aliphatic rings. The van der Waals surface area contributed by atoms with E-state index in [0.29, 0.717) is 29.5 Å². The maximum absolute atomic E-state index is 12.2. The monoisotopic (exact) mass is 308 g/mol. The normalized spacial score (nSPS) is 17.7. The molecule has 6 heteroatoms. The van der Waals surface area contributed by atoms with Gasteiger partial charge in [-0.15, -0.1) is 6.58 Å². The Bertz CT molecular complexity index is 574. The van der Waals surface area contributed by atoms with Crippen molar-refractivity contribution in [2.24, 2.45) is 5.92 Å². The summed E-state index contributed by atoms with van der Waals surface area (Å²) in [5.74, 6) is -0.0814. The van der Waals surface area contributed by atoms with Crippen molar-refractivity contribution in [3.05, 3.63) is 35.9 Å². The van der Waals surface area contributed by atoms with Gasteiger partial charge in [-0.25, -0.2) is 0 Å². The highest BCUT2D eigenvalue weighted by Crippen LogP contribution is 2.35. The highest BCUT2D eigenvalue weighted by Gasteiger charge is 2.36. The number of anilines is 1. The number of rotatable bonds is 5. The third-order valence-electron chi connectivity index (χ3n) is 3.35. The molecule has 0 spiro atoms. The topological polar surface area (TPSA) is 58.6 Å². The van der Waals surface area contributed by atoms with Crippen LogP contribution in [0.1, 0.15) is 6.42 Å². The van der Waals surface area contributed by atoms with Gasteiger partial charge >= 0.3 is 0 Å². The lowest BCUT2D eigenvalue weighted by Gasteiger charge is -2.19. The summed E-state index contributed by atoms with van der Waals surface area (Å²) in [6.07, 6.45) is 1.78. The van der Waals surface area contributed by atoms with Crippen molar-refractivity contribution >= 4 is 29.1 Å². The zero-order valence-corrected chi connectivity index (χ0v) is 12.5. The van der Waals surface area contributed by atoms with E-state index in [-0.39, 0.29) is 24.2 Å². The van der Waals surface area contributed by atoms with Gasteiger partial charge in [0.25, 0.3) is 0 Å². The van der Waals surface area contributed by atoms with Crippen LogP contribution in [0.5, 0.6) is 5.75 Å². The summed E-state index contributed by atoms with van der Waals surface area (Å²) in [4.78, 5) is 25.7. The van der Waals surface area contributed by atoms with Gasteiger partial charge in [0.1, 0.15) is 5.75 Å². The molecule has 0 bridgehead atoms. The van der Waals surface area contributed by atoms with Crippen LogP contribution in [0.4, 0.5) is 5.69 Å². The van der Waals surface area contributed by atoms with Crippen LogP contribution in [-0.2, 0) is 9.59 Å². The Kier molecular flexibility index (Phi) is 4.85. The molecule has 2 rings (SSSR count). The van der Waals surface area contributed by atoms with Gasteiger partial charge in [0.2, 0.25) is 11.8 Å². The van der Waals surface area contributed by atoms with Crippen molar-refractivity contribution in [1.29, 1.82) is 0 Å². The minimum Gasteiger partial charge on any atom is -0.495 e. The van der Waals surface area contributed by atoms with Gasteiger partial charge in [0.05, 0.1) is 18.7 Å². The second-order valence-corrected chi connectivity index (χ2v) is 5.19. The molecular formula is C15H17ClN2O3. The fourth-order valence-corrected chi connectivity index (χ4v) is 2.47. The number of hydrogen-bond acceptors (Lipinski definition) is 3. The lowest BCUT2D eigenvalue weighted by molar-refractivity contribution is -0.126. The van der Waals surface area contributed by atoms with E-state index < -0.39 is 0 Å². The lowest BCUT2D eigenvalue weighted by atomic mass is 10.1. The molecule has 0 radical (unpaired) electrons. The third-order valence-corrected chi connectivity index (χ3v) is 3.58. The van der Waals surface area contributed by atoms with Gasteiger partial charge in [-0.05, 0) is 18.2 Å². The van der Waals surface area contributed by atoms with Gasteiger partial charge < -0.3 is 15.0 Å².